The number of rotatable bonds is 4. The summed E-state index contributed by atoms with van der Waals surface area (Å²) >= 11 is 0. The van der Waals surface area contributed by atoms with Crippen molar-refractivity contribution in [2.75, 3.05) is 32.8 Å². The van der Waals surface area contributed by atoms with E-state index in [0.717, 1.165) is 16.8 Å². The Morgan fingerprint density at radius 1 is 1.03 bits per heavy atom. The molecule has 2 aromatic carbocycles. The first-order chi connectivity index (χ1) is 14.0. The van der Waals surface area contributed by atoms with Crippen molar-refractivity contribution < 1.29 is 13.2 Å². The van der Waals surface area contributed by atoms with Gasteiger partial charge in [0, 0.05) is 19.0 Å². The lowest BCUT2D eigenvalue weighted by atomic mass is 9.91. The second-order valence-corrected chi connectivity index (χ2v) is 8.62. The summed E-state index contributed by atoms with van der Waals surface area (Å²) < 4.78 is 36.0. The quantitative estimate of drug-likeness (QED) is 0.571. The fourth-order valence-electron chi connectivity index (χ4n) is 3.57. The molecule has 0 N–H and O–H groups in total. The predicted octanol–water partition coefficient (Wildman–Crippen LogP) is 2.49. The summed E-state index contributed by atoms with van der Waals surface area (Å²) in [6.45, 7) is 3.67. The zero-order valence-corrected chi connectivity index (χ0v) is 17.1. The number of hydrazone groups is 1. The number of nitrogens with zero attached hydrogens (tertiary/aromatic N) is 4. The molecule has 0 spiro atoms. The van der Waals surface area contributed by atoms with Crippen molar-refractivity contribution in [3.8, 4) is 0 Å². The van der Waals surface area contributed by atoms with Gasteiger partial charge in [0.05, 0.1) is 25.5 Å². The maximum atomic E-state index is 12.7. The van der Waals surface area contributed by atoms with E-state index in [0.29, 0.717) is 38.7 Å². The molecule has 0 aliphatic carbocycles. The molecule has 1 atom stereocenters. The Hall–Kier alpha value is -2.55. The van der Waals surface area contributed by atoms with Crippen LogP contribution in [0.5, 0.6) is 0 Å². The number of amidine groups is 1. The Kier molecular flexibility index (Phi) is 5.75. The van der Waals surface area contributed by atoms with E-state index in [4.69, 9.17) is 9.84 Å². The van der Waals surface area contributed by atoms with Gasteiger partial charge in [-0.05, 0) is 18.1 Å². The van der Waals surface area contributed by atoms with Crippen LogP contribution in [-0.2, 0) is 14.9 Å². The summed E-state index contributed by atoms with van der Waals surface area (Å²) in [6, 6.07) is 20.1. The molecule has 1 unspecified atom stereocenters. The second kappa shape index (κ2) is 8.44. The SMILES string of the molecule is CC(=NS(=O)(=O)N1CCOCC1)N1CC(c2ccccc2)C(c2ccccc2)=N1. The van der Waals surface area contributed by atoms with E-state index in [9.17, 15) is 8.42 Å². The monoisotopic (exact) mass is 412 g/mol. The van der Waals surface area contributed by atoms with E-state index in [1.54, 1.807) is 11.9 Å². The summed E-state index contributed by atoms with van der Waals surface area (Å²) in [6.07, 6.45) is 0. The topological polar surface area (TPSA) is 74.6 Å². The number of hydrogen-bond donors (Lipinski definition) is 0. The van der Waals surface area contributed by atoms with E-state index < -0.39 is 10.2 Å². The van der Waals surface area contributed by atoms with Gasteiger partial charge in [-0.3, -0.25) is 0 Å². The molecule has 4 rings (SSSR count). The standard InChI is InChI=1S/C21H24N4O3S/c1-17(23-29(26,27)24-12-14-28-15-13-24)25-16-20(18-8-4-2-5-9-18)21(22-25)19-10-6-3-7-11-19/h2-11,20H,12-16H2,1H3. The predicted molar refractivity (Wildman–Crippen MR) is 113 cm³/mol. The minimum Gasteiger partial charge on any atom is -0.379 e. The van der Waals surface area contributed by atoms with Gasteiger partial charge < -0.3 is 4.74 Å². The average molecular weight is 413 g/mol. The van der Waals surface area contributed by atoms with Gasteiger partial charge in [-0.25, -0.2) is 5.01 Å². The van der Waals surface area contributed by atoms with Gasteiger partial charge in [-0.2, -0.15) is 17.8 Å². The molecule has 7 nitrogen and oxygen atoms in total. The molecule has 0 amide bonds. The summed E-state index contributed by atoms with van der Waals surface area (Å²) in [4.78, 5) is 0. The van der Waals surface area contributed by atoms with Gasteiger partial charge >= 0.3 is 10.2 Å². The third-order valence-corrected chi connectivity index (χ3v) is 6.62. The fourth-order valence-corrected chi connectivity index (χ4v) is 4.72. The van der Waals surface area contributed by atoms with Gasteiger partial charge in [0.1, 0.15) is 5.84 Å². The largest absolute Gasteiger partial charge is 0.379 e. The second-order valence-electron chi connectivity index (χ2n) is 7.02. The summed E-state index contributed by atoms with van der Waals surface area (Å²) in [5.74, 6) is 0.401. The Labute approximate surface area is 171 Å². The van der Waals surface area contributed by atoms with Crippen LogP contribution in [0.25, 0.3) is 0 Å². The van der Waals surface area contributed by atoms with Crippen LogP contribution < -0.4 is 0 Å². The average Bonchev–Trinajstić information content (AvgIpc) is 3.21. The highest BCUT2D eigenvalue weighted by Gasteiger charge is 2.31. The Balaban J connectivity index is 1.64. The van der Waals surface area contributed by atoms with Crippen molar-refractivity contribution >= 4 is 21.8 Å². The Morgan fingerprint density at radius 3 is 2.31 bits per heavy atom. The van der Waals surface area contributed by atoms with Crippen LogP contribution in [0, 0.1) is 0 Å². The maximum absolute atomic E-state index is 12.7. The van der Waals surface area contributed by atoms with Crippen LogP contribution in [0.3, 0.4) is 0 Å². The molecule has 29 heavy (non-hydrogen) atoms. The molecule has 2 heterocycles. The maximum Gasteiger partial charge on any atom is 0.324 e. The zero-order valence-electron chi connectivity index (χ0n) is 16.3. The van der Waals surface area contributed by atoms with Gasteiger partial charge in [-0.15, -0.1) is 4.40 Å². The molecule has 2 aliphatic rings. The first-order valence-corrected chi connectivity index (χ1v) is 11.0. The van der Waals surface area contributed by atoms with Crippen LogP contribution >= 0.6 is 0 Å². The van der Waals surface area contributed by atoms with Crippen molar-refractivity contribution in [2.45, 2.75) is 12.8 Å². The molecule has 0 aromatic heterocycles. The van der Waals surface area contributed by atoms with Crippen LogP contribution in [0.4, 0.5) is 0 Å². The van der Waals surface area contributed by atoms with Crippen LogP contribution in [0.2, 0.25) is 0 Å². The molecular formula is C21H24N4O3S. The lowest BCUT2D eigenvalue weighted by molar-refractivity contribution is 0.0730. The molecular weight excluding hydrogens is 388 g/mol. The zero-order chi connectivity index (χ0) is 20.3. The molecule has 152 valence electrons. The minimum absolute atomic E-state index is 0.0369. The summed E-state index contributed by atoms with van der Waals surface area (Å²) in [7, 11) is -3.75. The smallest absolute Gasteiger partial charge is 0.324 e. The number of benzene rings is 2. The molecule has 0 saturated carbocycles. The van der Waals surface area contributed by atoms with Crippen molar-refractivity contribution in [3.63, 3.8) is 0 Å². The third-order valence-electron chi connectivity index (χ3n) is 5.10. The van der Waals surface area contributed by atoms with E-state index in [-0.39, 0.29) is 5.92 Å². The number of ether oxygens (including phenoxy) is 1. The minimum atomic E-state index is -3.75. The highest BCUT2D eigenvalue weighted by Crippen LogP contribution is 2.29. The molecule has 0 radical (unpaired) electrons. The fraction of sp³-hybridized carbons (Fsp3) is 0.333. The molecule has 0 bridgehead atoms. The Morgan fingerprint density at radius 2 is 1.66 bits per heavy atom. The van der Waals surface area contributed by atoms with Gasteiger partial charge in [0.2, 0.25) is 0 Å². The number of morpholine rings is 1. The van der Waals surface area contributed by atoms with E-state index >= 15 is 0 Å². The molecule has 8 heteroatoms. The molecule has 2 aromatic rings. The summed E-state index contributed by atoms with van der Waals surface area (Å²) in [5, 5.41) is 6.45. The van der Waals surface area contributed by atoms with Crippen LogP contribution in [-0.4, -0.2) is 62.1 Å². The first-order valence-electron chi connectivity index (χ1n) is 9.65. The van der Waals surface area contributed by atoms with Gasteiger partial charge in [0.15, 0.2) is 0 Å². The van der Waals surface area contributed by atoms with Crippen LogP contribution in [0.1, 0.15) is 24.0 Å². The van der Waals surface area contributed by atoms with E-state index in [1.165, 1.54) is 4.31 Å². The third kappa shape index (κ3) is 4.39. The van der Waals surface area contributed by atoms with Crippen molar-refractivity contribution in [1.29, 1.82) is 0 Å². The van der Waals surface area contributed by atoms with Crippen molar-refractivity contribution in [3.05, 3.63) is 71.8 Å². The van der Waals surface area contributed by atoms with E-state index in [2.05, 4.69) is 16.5 Å². The van der Waals surface area contributed by atoms with Crippen molar-refractivity contribution in [2.24, 2.45) is 9.50 Å². The highest BCUT2D eigenvalue weighted by atomic mass is 32.2. The van der Waals surface area contributed by atoms with Crippen molar-refractivity contribution in [1.82, 2.24) is 9.31 Å². The summed E-state index contributed by atoms with van der Waals surface area (Å²) in [5.41, 5.74) is 3.07. The normalized spacial score (nSPS) is 21.3. The highest BCUT2D eigenvalue weighted by molar-refractivity contribution is 7.87. The van der Waals surface area contributed by atoms with Crippen LogP contribution in [0.15, 0.2) is 70.2 Å². The lowest BCUT2D eigenvalue weighted by Crippen LogP contribution is -2.40. The molecule has 2 aliphatic heterocycles. The number of hydrogen-bond acceptors (Lipinski definition) is 4. The Bertz CT molecular complexity index is 1000. The van der Waals surface area contributed by atoms with E-state index in [1.807, 2.05) is 48.5 Å². The molecule has 1 fully saturated rings. The first kappa shape index (κ1) is 19.8. The van der Waals surface area contributed by atoms with Gasteiger partial charge in [-0.1, -0.05) is 60.7 Å². The van der Waals surface area contributed by atoms with Gasteiger partial charge in [0.25, 0.3) is 0 Å². The lowest BCUT2D eigenvalue weighted by Gasteiger charge is -2.24. The molecule has 1 saturated heterocycles.